The first kappa shape index (κ1) is 23.6. The Kier molecular flexibility index (Phi) is 6.86. The average Bonchev–Trinajstić information content (AvgIpc) is 3.01. The molecule has 3 nitrogen and oxygen atoms in total. The molecule has 3 aromatic carbocycles. The van der Waals surface area contributed by atoms with Crippen LogP contribution in [-0.2, 0) is 16.8 Å². The largest absolute Gasteiger partial charge is 0.385 e. The quantitative estimate of drug-likeness (QED) is 0.400. The van der Waals surface area contributed by atoms with Crippen LogP contribution in [0, 0.1) is 11.3 Å². The monoisotopic (exact) mass is 532 g/mol. The zero-order valence-corrected chi connectivity index (χ0v) is 21.6. The Morgan fingerprint density at radius 1 is 0.941 bits per heavy atom. The molecule has 5 heteroatoms. The summed E-state index contributed by atoms with van der Waals surface area (Å²) in [6, 6.07) is 27.7. The van der Waals surface area contributed by atoms with Crippen molar-refractivity contribution in [1.29, 1.82) is 5.26 Å². The number of hydrogen-bond acceptors (Lipinski definition) is 4. The summed E-state index contributed by atoms with van der Waals surface area (Å²) < 4.78 is 1.03. The molecule has 1 N–H and O–H groups in total. The van der Waals surface area contributed by atoms with Gasteiger partial charge in [0, 0.05) is 28.2 Å². The standard InChI is InChI=1S/C29H29BrN2OS/c30-24-12-10-23(11-13-24)29(33)15-18-32(19-16-29)17-5-14-28(21-31)25-7-2-1-6-22(25)20-34-27-9-4-3-8-26(27)28/h1-4,6-13,33H,5,14-20H2. The Bertz CT molecular complexity index is 1150. The van der Waals surface area contributed by atoms with E-state index < -0.39 is 11.0 Å². The van der Waals surface area contributed by atoms with Crippen molar-refractivity contribution in [3.63, 3.8) is 0 Å². The van der Waals surface area contributed by atoms with Crippen molar-refractivity contribution in [2.24, 2.45) is 0 Å². The maximum atomic E-state index is 11.2. The lowest BCUT2D eigenvalue weighted by atomic mass is 9.71. The van der Waals surface area contributed by atoms with E-state index >= 15 is 0 Å². The van der Waals surface area contributed by atoms with E-state index in [1.54, 1.807) is 0 Å². The zero-order valence-electron chi connectivity index (χ0n) is 19.2. The SMILES string of the molecule is N#CC1(CCCN2CCC(O)(c3ccc(Br)cc3)CC2)c2ccccc2CSc2ccccc21. The smallest absolute Gasteiger partial charge is 0.109 e. The summed E-state index contributed by atoms with van der Waals surface area (Å²) >= 11 is 5.32. The third-order valence-corrected chi connectivity index (χ3v) is 9.14. The second-order valence-electron chi connectivity index (χ2n) is 9.44. The molecule has 2 aliphatic heterocycles. The van der Waals surface area contributed by atoms with Gasteiger partial charge in [0.1, 0.15) is 5.41 Å². The summed E-state index contributed by atoms with van der Waals surface area (Å²) in [5.41, 5.74) is 3.21. The fourth-order valence-electron chi connectivity index (χ4n) is 5.52. The van der Waals surface area contributed by atoms with Crippen molar-refractivity contribution in [2.45, 2.75) is 47.3 Å². The summed E-state index contributed by atoms with van der Waals surface area (Å²) in [4.78, 5) is 3.67. The molecule has 1 unspecified atom stereocenters. The number of halogens is 1. The molecule has 2 heterocycles. The van der Waals surface area contributed by atoms with Crippen LogP contribution in [-0.4, -0.2) is 29.6 Å². The van der Waals surface area contributed by atoms with Crippen LogP contribution in [0.1, 0.15) is 47.9 Å². The zero-order chi connectivity index (χ0) is 23.6. The number of likely N-dealkylation sites (tertiary alicyclic amines) is 1. The Labute approximate surface area is 214 Å². The fourth-order valence-corrected chi connectivity index (χ4v) is 6.92. The van der Waals surface area contributed by atoms with E-state index in [9.17, 15) is 10.4 Å². The Balaban J connectivity index is 1.30. The highest BCUT2D eigenvalue weighted by Crippen LogP contribution is 2.46. The molecule has 1 saturated heterocycles. The second-order valence-corrected chi connectivity index (χ2v) is 11.4. The van der Waals surface area contributed by atoms with E-state index in [0.29, 0.717) is 0 Å². The van der Waals surface area contributed by atoms with Crippen LogP contribution in [0.4, 0.5) is 0 Å². The minimum absolute atomic E-state index is 0.620. The second kappa shape index (κ2) is 9.87. The minimum Gasteiger partial charge on any atom is -0.385 e. The molecule has 0 amide bonds. The maximum Gasteiger partial charge on any atom is 0.109 e. The molecular formula is C29H29BrN2OS. The number of nitriles is 1. The number of fused-ring (bicyclic) bond motifs is 2. The highest BCUT2D eigenvalue weighted by molar-refractivity contribution is 9.10. The molecule has 0 aromatic heterocycles. The Hall–Kier alpha value is -2.10. The molecule has 2 aliphatic rings. The molecule has 3 aromatic rings. The summed E-state index contributed by atoms with van der Waals surface area (Å²) in [6.07, 6.45) is 3.21. The van der Waals surface area contributed by atoms with Gasteiger partial charge in [0.25, 0.3) is 0 Å². The van der Waals surface area contributed by atoms with Crippen molar-refractivity contribution in [2.75, 3.05) is 19.6 Å². The van der Waals surface area contributed by atoms with Crippen LogP contribution < -0.4 is 0 Å². The number of aliphatic hydroxyl groups is 1. The van der Waals surface area contributed by atoms with Gasteiger partial charge in [-0.2, -0.15) is 5.26 Å². The fraction of sp³-hybridized carbons (Fsp3) is 0.345. The van der Waals surface area contributed by atoms with Gasteiger partial charge in [0.15, 0.2) is 0 Å². The lowest BCUT2D eigenvalue weighted by Crippen LogP contribution is -2.43. The molecule has 0 spiro atoms. The summed E-state index contributed by atoms with van der Waals surface area (Å²) in [5, 5.41) is 21.8. The first-order valence-corrected chi connectivity index (χ1v) is 13.7. The number of benzene rings is 3. The molecule has 0 bridgehead atoms. The van der Waals surface area contributed by atoms with Gasteiger partial charge in [0.05, 0.1) is 11.7 Å². The minimum atomic E-state index is -0.749. The predicted octanol–water partition coefficient (Wildman–Crippen LogP) is 6.63. The highest BCUT2D eigenvalue weighted by Gasteiger charge is 2.40. The van der Waals surface area contributed by atoms with Crippen molar-refractivity contribution >= 4 is 27.7 Å². The molecule has 1 atom stereocenters. The average molecular weight is 534 g/mol. The topological polar surface area (TPSA) is 47.3 Å². The summed E-state index contributed by atoms with van der Waals surface area (Å²) in [6.45, 7) is 2.68. The van der Waals surface area contributed by atoms with Crippen LogP contribution >= 0.6 is 27.7 Å². The maximum absolute atomic E-state index is 11.2. The van der Waals surface area contributed by atoms with E-state index in [4.69, 9.17) is 0 Å². The van der Waals surface area contributed by atoms with Gasteiger partial charge in [-0.05, 0) is 72.7 Å². The first-order chi connectivity index (χ1) is 16.5. The van der Waals surface area contributed by atoms with Gasteiger partial charge in [0.2, 0.25) is 0 Å². The highest BCUT2D eigenvalue weighted by atomic mass is 79.9. The normalized spacial score (nSPS) is 21.7. The van der Waals surface area contributed by atoms with Gasteiger partial charge in [-0.3, -0.25) is 0 Å². The van der Waals surface area contributed by atoms with Crippen LogP contribution in [0.5, 0.6) is 0 Å². The Morgan fingerprint density at radius 3 is 2.35 bits per heavy atom. The predicted molar refractivity (Wildman–Crippen MR) is 142 cm³/mol. The molecule has 34 heavy (non-hydrogen) atoms. The third kappa shape index (κ3) is 4.45. The lowest BCUT2D eigenvalue weighted by Gasteiger charge is -2.39. The van der Waals surface area contributed by atoms with E-state index in [1.165, 1.54) is 16.0 Å². The van der Waals surface area contributed by atoms with E-state index in [1.807, 2.05) is 36.0 Å². The van der Waals surface area contributed by atoms with Crippen molar-refractivity contribution in [3.05, 3.63) is 99.5 Å². The molecule has 5 rings (SSSR count). The molecular weight excluding hydrogens is 504 g/mol. The number of nitrogens with zero attached hydrogens (tertiary/aromatic N) is 2. The number of thioether (sulfide) groups is 1. The van der Waals surface area contributed by atoms with Gasteiger partial charge < -0.3 is 10.0 Å². The van der Waals surface area contributed by atoms with E-state index in [0.717, 1.165) is 66.7 Å². The Morgan fingerprint density at radius 2 is 1.62 bits per heavy atom. The first-order valence-electron chi connectivity index (χ1n) is 12.0. The molecule has 0 radical (unpaired) electrons. The molecule has 1 fully saturated rings. The molecule has 0 aliphatic carbocycles. The van der Waals surface area contributed by atoms with Gasteiger partial charge in [-0.1, -0.05) is 70.5 Å². The molecule has 0 saturated carbocycles. The van der Waals surface area contributed by atoms with Crippen molar-refractivity contribution in [1.82, 2.24) is 4.90 Å². The summed E-state index contributed by atoms with van der Waals surface area (Å²) in [7, 11) is 0. The lowest BCUT2D eigenvalue weighted by molar-refractivity contribution is -0.0262. The van der Waals surface area contributed by atoms with Crippen LogP contribution in [0.3, 0.4) is 0 Å². The summed E-state index contributed by atoms with van der Waals surface area (Å²) in [5.74, 6) is 0.900. The van der Waals surface area contributed by atoms with Crippen molar-refractivity contribution < 1.29 is 5.11 Å². The van der Waals surface area contributed by atoms with Crippen LogP contribution in [0.25, 0.3) is 0 Å². The molecule has 174 valence electrons. The number of rotatable bonds is 5. The van der Waals surface area contributed by atoms with Gasteiger partial charge in [-0.15, -0.1) is 11.8 Å². The van der Waals surface area contributed by atoms with Gasteiger partial charge in [-0.25, -0.2) is 0 Å². The van der Waals surface area contributed by atoms with Crippen LogP contribution in [0.2, 0.25) is 0 Å². The van der Waals surface area contributed by atoms with E-state index in [-0.39, 0.29) is 0 Å². The van der Waals surface area contributed by atoms with Crippen molar-refractivity contribution in [3.8, 4) is 6.07 Å². The van der Waals surface area contributed by atoms with Crippen LogP contribution in [0.15, 0.2) is 82.2 Å². The third-order valence-electron chi connectivity index (χ3n) is 7.49. The number of piperidine rings is 1. The number of hydrogen-bond donors (Lipinski definition) is 1. The van der Waals surface area contributed by atoms with E-state index in [2.05, 4.69) is 75.4 Å². The van der Waals surface area contributed by atoms with Gasteiger partial charge >= 0.3 is 0 Å².